The molecule has 0 heterocycles. The van der Waals surface area contributed by atoms with Crippen LogP contribution in [0.5, 0.6) is 0 Å². The zero-order chi connectivity index (χ0) is 15.0. The second-order valence-corrected chi connectivity index (χ2v) is 4.00. The van der Waals surface area contributed by atoms with Gasteiger partial charge in [0.25, 0.3) is 5.91 Å². The van der Waals surface area contributed by atoms with Crippen molar-refractivity contribution in [2.24, 2.45) is 0 Å². The van der Waals surface area contributed by atoms with E-state index in [-0.39, 0.29) is 11.6 Å². The molecule has 0 fully saturated rings. The summed E-state index contributed by atoms with van der Waals surface area (Å²) in [6, 6.07) is 3.99. The van der Waals surface area contributed by atoms with Gasteiger partial charge in [0.15, 0.2) is 6.61 Å². The lowest BCUT2D eigenvalue weighted by Gasteiger charge is -2.01. The maximum Gasteiger partial charge on any atom is 0.331 e. The smallest absolute Gasteiger partial charge is 0.331 e. The first-order chi connectivity index (χ1) is 9.52. The van der Waals surface area contributed by atoms with Gasteiger partial charge in [-0.1, -0.05) is 23.6 Å². The van der Waals surface area contributed by atoms with E-state index < -0.39 is 24.3 Å². The Morgan fingerprint density at radius 1 is 1.50 bits per heavy atom. The van der Waals surface area contributed by atoms with Gasteiger partial charge in [0.1, 0.15) is 5.82 Å². The average Bonchev–Trinajstić information content (AvgIpc) is 2.44. The second-order valence-electron chi connectivity index (χ2n) is 3.60. The van der Waals surface area contributed by atoms with Gasteiger partial charge in [0.05, 0.1) is 11.6 Å². The lowest BCUT2D eigenvalue weighted by Crippen LogP contribution is -2.28. The molecule has 1 rings (SSSR count). The molecule has 0 saturated carbocycles. The lowest BCUT2D eigenvalue weighted by atomic mass is 10.2. The van der Waals surface area contributed by atoms with Crippen LogP contribution in [0.1, 0.15) is 5.56 Å². The summed E-state index contributed by atoms with van der Waals surface area (Å²) in [7, 11) is 0. The first-order valence-corrected chi connectivity index (χ1v) is 5.91. The van der Waals surface area contributed by atoms with Gasteiger partial charge in [0, 0.05) is 6.08 Å². The lowest BCUT2D eigenvalue weighted by molar-refractivity contribution is -0.143. The van der Waals surface area contributed by atoms with Gasteiger partial charge >= 0.3 is 5.97 Å². The van der Waals surface area contributed by atoms with Crippen LogP contribution in [0.15, 0.2) is 24.3 Å². The van der Waals surface area contributed by atoms with E-state index in [1.807, 2.05) is 0 Å². The second kappa shape index (κ2) is 7.97. The van der Waals surface area contributed by atoms with Crippen molar-refractivity contribution in [1.82, 2.24) is 5.32 Å². The number of esters is 1. The number of hydrogen-bond donors (Lipinski definition) is 1. The Kier molecular flexibility index (Phi) is 6.27. The molecule has 0 radical (unpaired) electrons. The number of rotatable bonds is 5. The third-order valence-corrected chi connectivity index (χ3v) is 2.38. The highest BCUT2D eigenvalue weighted by molar-refractivity contribution is 6.30. The molecule has 0 saturated heterocycles. The van der Waals surface area contributed by atoms with Gasteiger partial charge in [-0.3, -0.25) is 4.79 Å². The molecule has 1 aromatic carbocycles. The molecule has 0 aromatic heterocycles. The summed E-state index contributed by atoms with van der Waals surface area (Å²) >= 11 is 5.59. The standard InChI is InChI=1S/C14H11ClFNO3/c1-2-7-17-13(18)9-20-14(19)6-4-10-3-5-12(16)11(15)8-10/h1,3-6,8H,7,9H2,(H,17,18)/b6-4+. The van der Waals surface area contributed by atoms with Crippen molar-refractivity contribution >= 4 is 29.6 Å². The molecule has 0 spiro atoms. The maximum absolute atomic E-state index is 12.9. The van der Waals surface area contributed by atoms with E-state index in [2.05, 4.69) is 16.0 Å². The topological polar surface area (TPSA) is 55.4 Å². The van der Waals surface area contributed by atoms with Crippen LogP contribution in [0, 0.1) is 18.2 Å². The monoisotopic (exact) mass is 295 g/mol. The zero-order valence-corrected chi connectivity index (χ0v) is 11.1. The highest BCUT2D eigenvalue weighted by Crippen LogP contribution is 2.16. The van der Waals surface area contributed by atoms with Crippen LogP contribution in [-0.2, 0) is 14.3 Å². The van der Waals surface area contributed by atoms with Crippen molar-refractivity contribution in [3.05, 3.63) is 40.7 Å². The summed E-state index contributed by atoms with van der Waals surface area (Å²) in [4.78, 5) is 22.4. The first-order valence-electron chi connectivity index (χ1n) is 5.53. The first kappa shape index (κ1) is 15.7. The fourth-order valence-corrected chi connectivity index (χ4v) is 1.35. The van der Waals surface area contributed by atoms with Gasteiger partial charge in [0.2, 0.25) is 0 Å². The minimum Gasteiger partial charge on any atom is -0.452 e. The quantitative estimate of drug-likeness (QED) is 0.512. The van der Waals surface area contributed by atoms with E-state index in [0.717, 1.165) is 6.08 Å². The van der Waals surface area contributed by atoms with Crippen molar-refractivity contribution < 1.29 is 18.7 Å². The number of halogens is 2. The zero-order valence-electron chi connectivity index (χ0n) is 10.4. The van der Waals surface area contributed by atoms with Crippen LogP contribution in [0.3, 0.4) is 0 Å². The SMILES string of the molecule is C#CCNC(=O)COC(=O)/C=C/c1ccc(F)c(Cl)c1. The minimum absolute atomic E-state index is 0.0471. The van der Waals surface area contributed by atoms with Crippen molar-refractivity contribution in [3.8, 4) is 12.3 Å². The summed E-state index contributed by atoms with van der Waals surface area (Å²) in [6.45, 7) is -0.352. The molecule has 0 aliphatic carbocycles. The Hall–Kier alpha value is -2.32. The van der Waals surface area contributed by atoms with E-state index in [4.69, 9.17) is 18.0 Å². The molecule has 1 aromatic rings. The third kappa shape index (κ3) is 5.55. The molecule has 0 atom stereocenters. The molecular formula is C14H11ClFNO3. The number of ether oxygens (including phenoxy) is 1. The summed E-state index contributed by atoms with van der Waals surface area (Å²) in [6.07, 6.45) is 7.45. The van der Waals surface area contributed by atoms with E-state index in [1.165, 1.54) is 24.3 Å². The molecule has 0 bridgehead atoms. The number of carbonyl (C=O) groups is 2. The largest absolute Gasteiger partial charge is 0.452 e. The Morgan fingerprint density at radius 2 is 2.25 bits per heavy atom. The Bertz CT molecular complexity index is 578. The average molecular weight is 296 g/mol. The van der Waals surface area contributed by atoms with Crippen molar-refractivity contribution in [2.45, 2.75) is 0 Å². The number of nitrogens with one attached hydrogen (secondary N) is 1. The molecule has 104 valence electrons. The van der Waals surface area contributed by atoms with E-state index in [0.29, 0.717) is 5.56 Å². The predicted octanol–water partition coefficient (Wildman–Crippen LogP) is 1.78. The molecule has 20 heavy (non-hydrogen) atoms. The van der Waals surface area contributed by atoms with E-state index in [1.54, 1.807) is 0 Å². The molecular weight excluding hydrogens is 285 g/mol. The van der Waals surface area contributed by atoms with Gasteiger partial charge < -0.3 is 10.1 Å². The van der Waals surface area contributed by atoms with E-state index >= 15 is 0 Å². The number of terminal acetylenes is 1. The maximum atomic E-state index is 12.9. The number of hydrogen-bond acceptors (Lipinski definition) is 3. The molecule has 0 unspecified atom stereocenters. The summed E-state index contributed by atoms with van der Waals surface area (Å²) < 4.78 is 17.6. The molecule has 6 heteroatoms. The third-order valence-electron chi connectivity index (χ3n) is 2.09. The van der Waals surface area contributed by atoms with Gasteiger partial charge in [-0.2, -0.15) is 0 Å². The molecule has 1 N–H and O–H groups in total. The summed E-state index contributed by atoms with van der Waals surface area (Å²) in [5.41, 5.74) is 0.533. The van der Waals surface area contributed by atoms with Gasteiger partial charge in [-0.15, -0.1) is 6.42 Å². The fourth-order valence-electron chi connectivity index (χ4n) is 1.17. The Balaban J connectivity index is 2.45. The minimum atomic E-state index is -0.707. The number of amides is 1. The van der Waals surface area contributed by atoms with Crippen LogP contribution in [0.25, 0.3) is 6.08 Å². The van der Waals surface area contributed by atoms with Crippen molar-refractivity contribution in [1.29, 1.82) is 0 Å². The van der Waals surface area contributed by atoms with Crippen LogP contribution in [0.2, 0.25) is 5.02 Å². The van der Waals surface area contributed by atoms with Crippen LogP contribution < -0.4 is 5.32 Å². The molecule has 0 aliphatic heterocycles. The molecule has 0 aliphatic rings. The highest BCUT2D eigenvalue weighted by atomic mass is 35.5. The Morgan fingerprint density at radius 3 is 2.90 bits per heavy atom. The molecule has 4 nitrogen and oxygen atoms in total. The number of benzene rings is 1. The highest BCUT2D eigenvalue weighted by Gasteiger charge is 2.04. The fraction of sp³-hybridized carbons (Fsp3) is 0.143. The van der Waals surface area contributed by atoms with Gasteiger partial charge in [-0.25, -0.2) is 9.18 Å². The summed E-state index contributed by atoms with van der Waals surface area (Å²) in [5, 5.41) is 2.29. The summed E-state index contributed by atoms with van der Waals surface area (Å²) in [5.74, 6) is 0.470. The van der Waals surface area contributed by atoms with Crippen LogP contribution in [-0.4, -0.2) is 25.0 Å². The van der Waals surface area contributed by atoms with Crippen LogP contribution >= 0.6 is 11.6 Å². The predicted molar refractivity (Wildman–Crippen MR) is 73.2 cm³/mol. The normalized spacial score (nSPS) is 10.1. The van der Waals surface area contributed by atoms with Gasteiger partial charge in [-0.05, 0) is 23.8 Å². The van der Waals surface area contributed by atoms with Crippen molar-refractivity contribution in [2.75, 3.05) is 13.2 Å². The number of carbonyl (C=O) groups excluding carboxylic acids is 2. The van der Waals surface area contributed by atoms with Crippen LogP contribution in [0.4, 0.5) is 4.39 Å². The van der Waals surface area contributed by atoms with E-state index in [9.17, 15) is 14.0 Å². The van der Waals surface area contributed by atoms with Crippen molar-refractivity contribution in [3.63, 3.8) is 0 Å². The molecule has 1 amide bonds. The Labute approximate surface area is 120 Å².